The Morgan fingerprint density at radius 3 is 2.00 bits per heavy atom. The lowest BCUT2D eigenvalue weighted by molar-refractivity contribution is -0.517. The normalized spacial score (nSPS) is 19.3. The van der Waals surface area contributed by atoms with Crippen molar-refractivity contribution in [2.24, 2.45) is 0 Å². The van der Waals surface area contributed by atoms with Gasteiger partial charge >= 0.3 is 0 Å². The van der Waals surface area contributed by atoms with E-state index in [1.807, 2.05) is 0 Å². The molecule has 1 saturated heterocycles. The first-order valence-electron chi connectivity index (χ1n) is 17.2. The van der Waals surface area contributed by atoms with Crippen molar-refractivity contribution in [2.75, 3.05) is 56.5 Å². The molecule has 0 amide bonds. The zero-order valence-electron chi connectivity index (χ0n) is 26.8. The van der Waals surface area contributed by atoms with Gasteiger partial charge in [0.1, 0.15) is 13.1 Å². The van der Waals surface area contributed by atoms with Gasteiger partial charge in [-0.25, -0.2) is 9.15 Å². The lowest BCUT2D eigenvalue weighted by Crippen LogP contribution is -2.19. The average Bonchev–Trinajstić information content (AvgIpc) is 3.75. The predicted molar refractivity (Wildman–Crippen MR) is 191 cm³/mol. The van der Waals surface area contributed by atoms with E-state index < -0.39 is 0 Å². The fourth-order valence-corrected chi connectivity index (χ4v) is 9.11. The number of nitrogens with zero attached hydrogens (tertiary/aromatic N) is 3. The van der Waals surface area contributed by atoms with Crippen molar-refractivity contribution in [3.63, 3.8) is 0 Å². The van der Waals surface area contributed by atoms with Crippen LogP contribution in [0.25, 0.3) is 0 Å². The van der Waals surface area contributed by atoms with Crippen molar-refractivity contribution in [3.05, 3.63) is 34.9 Å². The van der Waals surface area contributed by atoms with Gasteiger partial charge in [0.05, 0.1) is 22.1 Å². The lowest BCUT2D eigenvalue weighted by Gasteiger charge is -2.18. The van der Waals surface area contributed by atoms with E-state index in [1.165, 1.54) is 174 Å². The SMILES string of the molecule is CCCCCCCN1CCS\C1=C/C=C(/C=C/C1=[N+](CCCCCCC)CCS1)C1=[N+](CCCCCCC)CCS1. The van der Waals surface area contributed by atoms with Crippen molar-refractivity contribution in [3.8, 4) is 0 Å². The number of hydrogen-bond donors (Lipinski definition) is 0. The third-order valence-electron chi connectivity index (χ3n) is 8.39. The van der Waals surface area contributed by atoms with Crippen LogP contribution in [0.4, 0.5) is 0 Å². The van der Waals surface area contributed by atoms with Crippen molar-refractivity contribution in [1.29, 1.82) is 0 Å². The van der Waals surface area contributed by atoms with Crippen LogP contribution in [-0.2, 0) is 0 Å². The van der Waals surface area contributed by atoms with E-state index >= 15 is 0 Å². The molecule has 41 heavy (non-hydrogen) atoms. The standard InChI is InChI=1S/C35H61N3S3/c1-4-7-10-13-16-23-36-26-29-39-33(36)21-19-32(35-38(28-31-41-35)25-18-15-12-9-6-3)20-22-34-37(27-30-40-34)24-17-14-11-8-5-2/h19-22H,4-18,23-31H2,1-3H3/q+2. The zero-order chi connectivity index (χ0) is 29.0. The molecule has 0 aromatic rings. The van der Waals surface area contributed by atoms with Gasteiger partial charge in [-0.15, -0.1) is 11.8 Å². The summed E-state index contributed by atoms with van der Waals surface area (Å²) in [5.74, 6) is 3.69. The van der Waals surface area contributed by atoms with Crippen molar-refractivity contribution >= 4 is 45.4 Å². The molecule has 0 spiro atoms. The van der Waals surface area contributed by atoms with Gasteiger partial charge in [0.2, 0.25) is 10.1 Å². The summed E-state index contributed by atoms with van der Waals surface area (Å²) < 4.78 is 5.34. The second-order valence-corrected chi connectivity index (χ2v) is 15.2. The van der Waals surface area contributed by atoms with Gasteiger partial charge in [0.25, 0.3) is 0 Å². The number of allylic oxidation sites excluding steroid dienone is 3. The fourth-order valence-electron chi connectivity index (χ4n) is 5.84. The molecular formula is C35H61N3S3+2. The van der Waals surface area contributed by atoms with Crippen LogP contribution in [0.3, 0.4) is 0 Å². The molecule has 3 rings (SSSR count). The number of unbranched alkanes of at least 4 members (excludes halogenated alkanes) is 12. The average molecular weight is 620 g/mol. The summed E-state index contributed by atoms with van der Waals surface area (Å²) in [4.78, 5) is 2.65. The highest BCUT2D eigenvalue weighted by atomic mass is 32.2. The van der Waals surface area contributed by atoms with Crippen LogP contribution in [0.1, 0.15) is 117 Å². The Balaban J connectivity index is 1.74. The van der Waals surface area contributed by atoms with E-state index in [0.717, 1.165) is 0 Å². The monoisotopic (exact) mass is 619 g/mol. The summed E-state index contributed by atoms with van der Waals surface area (Å²) in [5.41, 5.74) is 1.42. The largest absolute Gasteiger partial charge is 0.366 e. The van der Waals surface area contributed by atoms with Crippen LogP contribution in [0, 0.1) is 0 Å². The van der Waals surface area contributed by atoms with Crippen molar-refractivity contribution in [1.82, 2.24) is 4.90 Å². The molecule has 0 aromatic heterocycles. The molecule has 0 atom stereocenters. The Bertz CT molecular complexity index is 902. The van der Waals surface area contributed by atoms with Gasteiger partial charge in [-0.05, 0) is 37.5 Å². The van der Waals surface area contributed by atoms with E-state index in [9.17, 15) is 0 Å². The lowest BCUT2D eigenvalue weighted by atomic mass is 10.1. The third kappa shape index (κ3) is 13.3. The molecule has 3 aliphatic heterocycles. The highest BCUT2D eigenvalue weighted by molar-refractivity contribution is 8.14. The molecule has 1 fully saturated rings. The summed E-state index contributed by atoms with van der Waals surface area (Å²) in [6.07, 6.45) is 30.2. The molecule has 0 N–H and O–H groups in total. The quantitative estimate of drug-likeness (QED) is 0.0678. The molecule has 0 unspecified atom stereocenters. The maximum absolute atomic E-state index is 2.69. The van der Waals surface area contributed by atoms with Gasteiger partial charge in [-0.3, -0.25) is 0 Å². The molecule has 232 valence electrons. The second-order valence-electron chi connectivity index (χ2n) is 11.9. The number of thioether (sulfide) groups is 3. The minimum atomic E-state index is 1.20. The minimum Gasteiger partial charge on any atom is -0.366 e. The maximum atomic E-state index is 2.69. The second kappa shape index (κ2) is 22.0. The highest BCUT2D eigenvalue weighted by Crippen LogP contribution is 2.29. The molecular weight excluding hydrogens is 559 g/mol. The van der Waals surface area contributed by atoms with Crippen LogP contribution in [0.15, 0.2) is 34.9 Å². The van der Waals surface area contributed by atoms with Crippen LogP contribution in [-0.4, -0.2) is 80.7 Å². The van der Waals surface area contributed by atoms with E-state index in [0.29, 0.717) is 0 Å². The Morgan fingerprint density at radius 1 is 0.683 bits per heavy atom. The predicted octanol–water partition coefficient (Wildman–Crippen LogP) is 9.59. The minimum absolute atomic E-state index is 1.20. The first kappa shape index (κ1) is 34.9. The summed E-state index contributed by atoms with van der Waals surface area (Å²) in [6.45, 7) is 14.2. The first-order chi connectivity index (χ1) is 20.3. The number of rotatable bonds is 22. The van der Waals surface area contributed by atoms with E-state index in [-0.39, 0.29) is 0 Å². The Labute approximate surface area is 266 Å². The first-order valence-corrected chi connectivity index (χ1v) is 20.2. The van der Waals surface area contributed by atoms with Gasteiger partial charge in [-0.2, -0.15) is 0 Å². The van der Waals surface area contributed by atoms with Gasteiger partial charge in [0, 0.05) is 37.8 Å². The topological polar surface area (TPSA) is 9.26 Å². The molecule has 6 heteroatoms. The van der Waals surface area contributed by atoms with E-state index in [1.54, 1.807) is 0 Å². The van der Waals surface area contributed by atoms with Crippen LogP contribution in [0.5, 0.6) is 0 Å². The van der Waals surface area contributed by atoms with E-state index in [4.69, 9.17) is 0 Å². The Kier molecular flexibility index (Phi) is 18.7. The van der Waals surface area contributed by atoms with Gasteiger partial charge in [0.15, 0.2) is 13.1 Å². The molecule has 0 aromatic carbocycles. The van der Waals surface area contributed by atoms with Crippen LogP contribution >= 0.6 is 35.3 Å². The summed E-state index contributed by atoms with van der Waals surface area (Å²) in [7, 11) is 0. The van der Waals surface area contributed by atoms with Gasteiger partial charge < -0.3 is 4.90 Å². The highest BCUT2D eigenvalue weighted by Gasteiger charge is 2.27. The zero-order valence-corrected chi connectivity index (χ0v) is 29.3. The molecule has 3 aliphatic rings. The van der Waals surface area contributed by atoms with Crippen LogP contribution < -0.4 is 0 Å². The smallest absolute Gasteiger partial charge is 0.242 e. The molecule has 3 heterocycles. The van der Waals surface area contributed by atoms with Gasteiger partial charge in [-0.1, -0.05) is 109 Å². The van der Waals surface area contributed by atoms with Crippen LogP contribution in [0.2, 0.25) is 0 Å². The molecule has 0 aliphatic carbocycles. The van der Waals surface area contributed by atoms with Crippen molar-refractivity contribution < 1.29 is 9.15 Å². The Hall–Kier alpha value is -0.590. The molecule has 0 radical (unpaired) electrons. The molecule has 0 saturated carbocycles. The fraction of sp³-hybridized carbons (Fsp3) is 0.771. The molecule has 0 bridgehead atoms. The summed E-state index contributed by atoms with van der Waals surface area (Å²) in [6, 6.07) is 0. The Morgan fingerprint density at radius 2 is 1.29 bits per heavy atom. The maximum Gasteiger partial charge on any atom is 0.242 e. The third-order valence-corrected chi connectivity index (χ3v) is 11.7. The molecule has 3 nitrogen and oxygen atoms in total. The number of hydrogen-bond acceptors (Lipinski definition) is 4. The summed E-state index contributed by atoms with van der Waals surface area (Å²) >= 11 is 6.19. The summed E-state index contributed by atoms with van der Waals surface area (Å²) in [5, 5.41) is 4.48. The van der Waals surface area contributed by atoms with Crippen molar-refractivity contribution in [2.45, 2.75) is 117 Å². The van der Waals surface area contributed by atoms with E-state index in [2.05, 4.69) is 94.4 Å².